The number of hydrogen-bond acceptors (Lipinski definition) is 2. The highest BCUT2D eigenvalue weighted by Crippen LogP contribution is 2.24. The van der Waals surface area contributed by atoms with Gasteiger partial charge in [0.1, 0.15) is 5.76 Å². The van der Waals surface area contributed by atoms with Crippen LogP contribution in [0.5, 0.6) is 0 Å². The van der Waals surface area contributed by atoms with Gasteiger partial charge in [-0.05, 0) is 26.0 Å². The molecular formula is C9H11ClO2. The number of carbonyl (C=O) groups excluding carboxylic acids is 1. The Balaban J connectivity index is 2.93. The van der Waals surface area contributed by atoms with Gasteiger partial charge in [-0.1, -0.05) is 0 Å². The molecule has 0 atom stereocenters. The molecule has 0 amide bonds. The van der Waals surface area contributed by atoms with E-state index in [0.717, 1.165) is 0 Å². The monoisotopic (exact) mass is 186 g/mol. The predicted octanol–water partition coefficient (Wildman–Crippen LogP) is 2.37. The molecule has 0 aliphatic rings. The van der Waals surface area contributed by atoms with E-state index >= 15 is 0 Å². The molecule has 0 aliphatic heterocycles. The first kappa shape index (κ1) is 9.33. The lowest BCUT2D eigenvalue weighted by Crippen LogP contribution is -2.29. The van der Waals surface area contributed by atoms with Gasteiger partial charge in [-0.15, -0.1) is 11.6 Å². The van der Waals surface area contributed by atoms with Crippen LogP contribution in [0.25, 0.3) is 0 Å². The van der Waals surface area contributed by atoms with Crippen molar-refractivity contribution >= 4 is 17.4 Å². The van der Waals surface area contributed by atoms with Gasteiger partial charge in [-0.3, -0.25) is 4.79 Å². The lowest BCUT2D eigenvalue weighted by Gasteiger charge is -2.18. The van der Waals surface area contributed by atoms with Crippen LogP contribution in [0, 0.1) is 0 Å². The Morgan fingerprint density at radius 3 is 2.75 bits per heavy atom. The zero-order valence-electron chi connectivity index (χ0n) is 7.13. The minimum Gasteiger partial charge on any atom is -0.468 e. The van der Waals surface area contributed by atoms with Crippen LogP contribution in [0.2, 0.25) is 0 Å². The average Bonchev–Trinajstić information content (AvgIpc) is 2.55. The fraction of sp³-hybridized carbons (Fsp3) is 0.444. The second-order valence-corrected chi connectivity index (χ2v) is 3.43. The van der Waals surface area contributed by atoms with Crippen LogP contribution in [0.15, 0.2) is 22.8 Å². The second-order valence-electron chi connectivity index (χ2n) is 3.16. The highest BCUT2D eigenvalue weighted by atomic mass is 35.5. The maximum atomic E-state index is 11.3. The molecule has 0 aromatic carbocycles. The maximum absolute atomic E-state index is 11.3. The van der Waals surface area contributed by atoms with E-state index in [0.29, 0.717) is 5.76 Å². The Bertz CT molecular complexity index is 262. The Kier molecular flexibility index (Phi) is 2.58. The van der Waals surface area contributed by atoms with E-state index in [1.165, 1.54) is 0 Å². The van der Waals surface area contributed by atoms with Gasteiger partial charge in [-0.2, -0.15) is 0 Å². The van der Waals surface area contributed by atoms with Crippen molar-refractivity contribution in [2.45, 2.75) is 19.3 Å². The number of halogens is 1. The van der Waals surface area contributed by atoms with Gasteiger partial charge in [0.2, 0.25) is 0 Å². The summed E-state index contributed by atoms with van der Waals surface area (Å²) in [5, 5.41) is 0. The summed E-state index contributed by atoms with van der Waals surface area (Å²) in [6.45, 7) is 3.60. The molecule has 0 fully saturated rings. The van der Waals surface area contributed by atoms with Gasteiger partial charge in [-0.25, -0.2) is 0 Å². The van der Waals surface area contributed by atoms with E-state index in [1.54, 1.807) is 32.2 Å². The van der Waals surface area contributed by atoms with Crippen molar-refractivity contribution in [3.05, 3.63) is 24.2 Å². The Hall–Kier alpha value is -0.760. The minimum atomic E-state index is -0.606. The number of furan rings is 1. The van der Waals surface area contributed by atoms with Crippen molar-refractivity contribution in [1.29, 1.82) is 0 Å². The number of ketones is 1. The van der Waals surface area contributed by atoms with Gasteiger partial charge < -0.3 is 4.42 Å². The largest absolute Gasteiger partial charge is 0.468 e. The van der Waals surface area contributed by atoms with Crippen LogP contribution in [0.4, 0.5) is 0 Å². The van der Waals surface area contributed by atoms with Crippen LogP contribution in [0.1, 0.15) is 19.6 Å². The Morgan fingerprint density at radius 2 is 2.33 bits per heavy atom. The molecule has 0 spiro atoms. The summed E-state index contributed by atoms with van der Waals surface area (Å²) in [5.41, 5.74) is -0.606. The van der Waals surface area contributed by atoms with E-state index in [4.69, 9.17) is 16.0 Å². The lowest BCUT2D eigenvalue weighted by atomic mass is 9.86. The summed E-state index contributed by atoms with van der Waals surface area (Å²) in [5.74, 6) is 0.653. The normalized spacial score (nSPS) is 11.6. The van der Waals surface area contributed by atoms with E-state index < -0.39 is 5.41 Å². The fourth-order valence-electron chi connectivity index (χ4n) is 0.939. The molecule has 1 rings (SSSR count). The van der Waals surface area contributed by atoms with Crippen molar-refractivity contribution in [1.82, 2.24) is 0 Å². The van der Waals surface area contributed by atoms with Crippen molar-refractivity contribution in [2.24, 2.45) is 0 Å². The topological polar surface area (TPSA) is 30.2 Å². The maximum Gasteiger partial charge on any atom is 0.160 e. The third-order valence-corrected chi connectivity index (χ3v) is 2.20. The second kappa shape index (κ2) is 3.31. The molecule has 12 heavy (non-hydrogen) atoms. The number of alkyl halides is 1. The zero-order chi connectivity index (χ0) is 9.19. The number of rotatable bonds is 3. The van der Waals surface area contributed by atoms with Crippen LogP contribution in [0.3, 0.4) is 0 Å². The van der Waals surface area contributed by atoms with E-state index in [-0.39, 0.29) is 11.7 Å². The summed E-state index contributed by atoms with van der Waals surface area (Å²) < 4.78 is 5.14. The van der Waals surface area contributed by atoms with Gasteiger partial charge in [0.25, 0.3) is 0 Å². The van der Waals surface area contributed by atoms with E-state index in [9.17, 15) is 4.79 Å². The molecular weight excluding hydrogens is 176 g/mol. The molecule has 0 N–H and O–H groups in total. The lowest BCUT2D eigenvalue weighted by molar-refractivity contribution is -0.121. The van der Waals surface area contributed by atoms with Crippen molar-refractivity contribution < 1.29 is 9.21 Å². The molecule has 1 heterocycles. The summed E-state index contributed by atoms with van der Waals surface area (Å²) in [6.07, 6.45) is 1.55. The van der Waals surface area contributed by atoms with Gasteiger partial charge in [0.05, 0.1) is 17.6 Å². The molecule has 0 bridgehead atoms. The molecule has 66 valence electrons. The highest BCUT2D eigenvalue weighted by molar-refractivity contribution is 6.28. The standard InChI is InChI=1S/C9H11ClO2/c1-9(2,7(11)6-10)8-4-3-5-12-8/h3-5H,6H2,1-2H3. The number of hydrogen-bond donors (Lipinski definition) is 0. The average molecular weight is 187 g/mol. The minimum absolute atomic E-state index is 0.0215. The van der Waals surface area contributed by atoms with E-state index in [2.05, 4.69) is 0 Å². The molecule has 1 aromatic rings. The molecule has 0 unspecified atom stereocenters. The summed E-state index contributed by atoms with van der Waals surface area (Å²) in [6, 6.07) is 3.54. The van der Waals surface area contributed by atoms with Gasteiger partial charge >= 0.3 is 0 Å². The molecule has 3 heteroatoms. The van der Waals surface area contributed by atoms with Crippen LogP contribution in [-0.4, -0.2) is 11.7 Å². The first-order valence-electron chi connectivity index (χ1n) is 3.72. The molecule has 2 nitrogen and oxygen atoms in total. The molecule has 0 radical (unpaired) electrons. The van der Waals surface area contributed by atoms with Gasteiger partial charge in [0, 0.05) is 0 Å². The van der Waals surface area contributed by atoms with E-state index in [1.807, 2.05) is 0 Å². The molecule has 0 aliphatic carbocycles. The number of Topliss-reactive ketones (excluding diaryl/α,β-unsaturated/α-hetero) is 1. The molecule has 0 saturated carbocycles. The van der Waals surface area contributed by atoms with Crippen molar-refractivity contribution in [3.8, 4) is 0 Å². The van der Waals surface area contributed by atoms with Crippen molar-refractivity contribution in [3.63, 3.8) is 0 Å². The summed E-state index contributed by atoms with van der Waals surface area (Å²) in [7, 11) is 0. The predicted molar refractivity (Wildman–Crippen MR) is 47.5 cm³/mol. The van der Waals surface area contributed by atoms with Crippen LogP contribution < -0.4 is 0 Å². The Labute approximate surface area is 76.5 Å². The first-order valence-corrected chi connectivity index (χ1v) is 4.25. The Morgan fingerprint density at radius 1 is 1.67 bits per heavy atom. The smallest absolute Gasteiger partial charge is 0.160 e. The summed E-state index contributed by atoms with van der Waals surface area (Å²) in [4.78, 5) is 11.3. The molecule has 0 saturated heterocycles. The van der Waals surface area contributed by atoms with Gasteiger partial charge in [0.15, 0.2) is 5.78 Å². The fourth-order valence-corrected chi connectivity index (χ4v) is 1.27. The quantitative estimate of drug-likeness (QED) is 0.679. The SMILES string of the molecule is CC(C)(C(=O)CCl)c1ccco1. The third-order valence-electron chi connectivity index (χ3n) is 1.96. The highest BCUT2D eigenvalue weighted by Gasteiger charge is 2.31. The van der Waals surface area contributed by atoms with Crippen molar-refractivity contribution in [2.75, 3.05) is 5.88 Å². The van der Waals surface area contributed by atoms with Crippen LogP contribution >= 0.6 is 11.6 Å². The zero-order valence-corrected chi connectivity index (χ0v) is 7.89. The molecule has 1 aromatic heterocycles. The van der Waals surface area contributed by atoms with Crippen LogP contribution in [-0.2, 0) is 10.2 Å². The summed E-state index contributed by atoms with van der Waals surface area (Å²) >= 11 is 5.46. The number of carbonyl (C=O) groups is 1. The first-order chi connectivity index (χ1) is 5.59. The third kappa shape index (κ3) is 1.53.